The second-order valence-electron chi connectivity index (χ2n) is 3.77. The van der Waals surface area contributed by atoms with Crippen LogP contribution in [0, 0.1) is 5.92 Å². The van der Waals surface area contributed by atoms with Crippen LogP contribution in [0.15, 0.2) is 0 Å². The molecule has 0 saturated heterocycles. The Morgan fingerprint density at radius 1 is 1.44 bits per heavy atom. The molecular weight excluding hydrogens is 224 g/mol. The van der Waals surface area contributed by atoms with Gasteiger partial charge in [-0.3, -0.25) is 4.79 Å². The fourth-order valence-corrected chi connectivity index (χ4v) is 1.79. The van der Waals surface area contributed by atoms with Crippen LogP contribution < -0.4 is 5.73 Å². The summed E-state index contributed by atoms with van der Waals surface area (Å²) in [5.41, 5.74) is 5.53. The van der Waals surface area contributed by atoms with E-state index in [0.717, 1.165) is 12.8 Å². The predicted octanol–water partition coefficient (Wildman–Crippen LogP) is 0.920. The van der Waals surface area contributed by atoms with Crippen molar-refractivity contribution >= 4 is 23.1 Å². The zero-order valence-corrected chi connectivity index (χ0v) is 10.9. The highest BCUT2D eigenvalue weighted by atomic mass is 32.1. The lowest BCUT2D eigenvalue weighted by molar-refractivity contribution is -0.134. The lowest BCUT2D eigenvalue weighted by atomic mass is 10.0. The van der Waals surface area contributed by atoms with E-state index in [1.165, 1.54) is 0 Å². The summed E-state index contributed by atoms with van der Waals surface area (Å²) in [5, 5.41) is 8.92. The van der Waals surface area contributed by atoms with Crippen LogP contribution in [0.1, 0.15) is 33.1 Å². The Kier molecular flexibility index (Phi) is 8.11. The molecule has 3 N–H and O–H groups in total. The van der Waals surface area contributed by atoms with Crippen molar-refractivity contribution < 1.29 is 9.90 Å². The first-order valence-corrected chi connectivity index (χ1v) is 6.18. The first-order chi connectivity index (χ1) is 7.58. The van der Waals surface area contributed by atoms with Crippen molar-refractivity contribution in [3.8, 4) is 0 Å². The van der Waals surface area contributed by atoms with Gasteiger partial charge in [0.05, 0.1) is 17.5 Å². The summed E-state index contributed by atoms with van der Waals surface area (Å²) in [4.78, 5) is 14.0. The van der Waals surface area contributed by atoms with E-state index in [9.17, 15) is 4.79 Å². The van der Waals surface area contributed by atoms with Crippen LogP contribution in [-0.2, 0) is 4.79 Å². The van der Waals surface area contributed by atoms with Gasteiger partial charge in [-0.15, -0.1) is 0 Å². The summed E-state index contributed by atoms with van der Waals surface area (Å²) in [6, 6.07) is 0. The van der Waals surface area contributed by atoms with Crippen molar-refractivity contribution in [2.75, 3.05) is 19.7 Å². The van der Waals surface area contributed by atoms with Crippen molar-refractivity contribution in [2.24, 2.45) is 11.7 Å². The van der Waals surface area contributed by atoms with E-state index in [-0.39, 0.29) is 17.5 Å². The third kappa shape index (κ3) is 4.90. The van der Waals surface area contributed by atoms with Gasteiger partial charge in [0.15, 0.2) is 0 Å². The SMILES string of the molecule is CCCCN(CCO)C(=O)C(CC)C(N)=S. The van der Waals surface area contributed by atoms with Gasteiger partial charge >= 0.3 is 0 Å². The van der Waals surface area contributed by atoms with Crippen LogP contribution in [0.25, 0.3) is 0 Å². The van der Waals surface area contributed by atoms with Crippen LogP contribution in [-0.4, -0.2) is 40.6 Å². The maximum atomic E-state index is 12.1. The van der Waals surface area contributed by atoms with Gasteiger partial charge in [0.2, 0.25) is 5.91 Å². The molecule has 0 radical (unpaired) electrons. The Hall–Kier alpha value is -0.680. The van der Waals surface area contributed by atoms with E-state index in [0.29, 0.717) is 19.5 Å². The molecule has 0 aromatic heterocycles. The molecule has 0 bridgehead atoms. The molecule has 0 aliphatic carbocycles. The topological polar surface area (TPSA) is 66.6 Å². The van der Waals surface area contributed by atoms with Crippen molar-refractivity contribution in [1.29, 1.82) is 0 Å². The van der Waals surface area contributed by atoms with E-state index in [1.807, 2.05) is 6.92 Å². The molecule has 0 aliphatic rings. The molecule has 1 amide bonds. The van der Waals surface area contributed by atoms with Crippen LogP contribution in [0.5, 0.6) is 0 Å². The Bertz CT molecular complexity index is 234. The number of carbonyl (C=O) groups excluding carboxylic acids is 1. The molecule has 0 heterocycles. The average molecular weight is 246 g/mol. The van der Waals surface area contributed by atoms with Crippen LogP contribution in [0.2, 0.25) is 0 Å². The number of thiocarbonyl (C=S) groups is 1. The van der Waals surface area contributed by atoms with E-state index >= 15 is 0 Å². The molecular formula is C11H22N2O2S. The van der Waals surface area contributed by atoms with Crippen LogP contribution in [0.4, 0.5) is 0 Å². The molecule has 1 unspecified atom stereocenters. The van der Waals surface area contributed by atoms with Gasteiger partial charge in [0.1, 0.15) is 0 Å². The normalized spacial score (nSPS) is 12.2. The number of rotatable bonds is 8. The van der Waals surface area contributed by atoms with Gasteiger partial charge in [-0.05, 0) is 12.8 Å². The summed E-state index contributed by atoms with van der Waals surface area (Å²) in [6.45, 7) is 4.95. The minimum atomic E-state index is -0.390. The van der Waals surface area contributed by atoms with Crippen molar-refractivity contribution in [2.45, 2.75) is 33.1 Å². The maximum Gasteiger partial charge on any atom is 0.232 e. The lowest BCUT2D eigenvalue weighted by Gasteiger charge is -2.25. The summed E-state index contributed by atoms with van der Waals surface area (Å²) >= 11 is 4.88. The Balaban J connectivity index is 4.50. The Labute approximate surface area is 103 Å². The molecule has 16 heavy (non-hydrogen) atoms. The quantitative estimate of drug-likeness (QED) is 0.625. The minimum absolute atomic E-state index is 0.0246. The van der Waals surface area contributed by atoms with E-state index in [1.54, 1.807) is 4.90 Å². The highest BCUT2D eigenvalue weighted by Gasteiger charge is 2.24. The highest BCUT2D eigenvalue weighted by molar-refractivity contribution is 7.80. The Morgan fingerprint density at radius 2 is 2.06 bits per heavy atom. The second-order valence-corrected chi connectivity index (χ2v) is 4.24. The number of nitrogens with two attached hydrogens (primary N) is 1. The summed E-state index contributed by atoms with van der Waals surface area (Å²) in [5.74, 6) is -0.448. The molecule has 94 valence electrons. The first kappa shape index (κ1) is 15.3. The molecule has 0 saturated carbocycles. The third-order valence-electron chi connectivity index (χ3n) is 2.51. The molecule has 1 atom stereocenters. The smallest absolute Gasteiger partial charge is 0.232 e. The molecule has 0 rings (SSSR count). The largest absolute Gasteiger partial charge is 0.395 e. The zero-order chi connectivity index (χ0) is 12.6. The van der Waals surface area contributed by atoms with Crippen LogP contribution >= 0.6 is 12.2 Å². The van der Waals surface area contributed by atoms with Gasteiger partial charge in [0, 0.05) is 13.1 Å². The second kappa shape index (κ2) is 8.47. The Morgan fingerprint density at radius 3 is 2.44 bits per heavy atom. The fraction of sp³-hybridized carbons (Fsp3) is 0.818. The molecule has 0 aromatic rings. The van der Waals surface area contributed by atoms with Gasteiger partial charge in [0.25, 0.3) is 0 Å². The molecule has 0 aromatic carbocycles. The number of aliphatic hydroxyl groups is 1. The standard InChI is InChI=1S/C11H22N2O2S/c1-3-5-6-13(7-8-14)11(15)9(4-2)10(12)16/h9,14H,3-8H2,1-2H3,(H2,12,16). The molecule has 4 nitrogen and oxygen atoms in total. The van der Waals surface area contributed by atoms with Gasteiger partial charge < -0.3 is 15.7 Å². The predicted molar refractivity (Wildman–Crippen MR) is 69.1 cm³/mol. The monoisotopic (exact) mass is 246 g/mol. The number of hydrogen-bond donors (Lipinski definition) is 2. The summed E-state index contributed by atoms with van der Waals surface area (Å²) in [6.07, 6.45) is 2.56. The first-order valence-electron chi connectivity index (χ1n) is 5.77. The van der Waals surface area contributed by atoms with Gasteiger partial charge in [-0.1, -0.05) is 32.5 Å². The molecule has 0 aliphatic heterocycles. The lowest BCUT2D eigenvalue weighted by Crippen LogP contribution is -2.42. The molecule has 0 spiro atoms. The number of hydrogen-bond acceptors (Lipinski definition) is 3. The van der Waals surface area contributed by atoms with Crippen molar-refractivity contribution in [3.05, 3.63) is 0 Å². The average Bonchev–Trinajstić information content (AvgIpc) is 2.24. The summed E-state index contributed by atoms with van der Waals surface area (Å²) < 4.78 is 0. The zero-order valence-electron chi connectivity index (χ0n) is 10.1. The molecule has 5 heteroatoms. The third-order valence-corrected chi connectivity index (χ3v) is 2.80. The highest BCUT2D eigenvalue weighted by Crippen LogP contribution is 2.09. The van der Waals surface area contributed by atoms with Crippen molar-refractivity contribution in [1.82, 2.24) is 4.90 Å². The van der Waals surface area contributed by atoms with E-state index in [2.05, 4.69) is 6.92 Å². The van der Waals surface area contributed by atoms with E-state index < -0.39 is 5.92 Å². The number of unbranched alkanes of at least 4 members (excludes halogenated alkanes) is 1. The number of aliphatic hydroxyl groups excluding tert-OH is 1. The minimum Gasteiger partial charge on any atom is -0.395 e. The fourth-order valence-electron chi connectivity index (χ4n) is 1.52. The van der Waals surface area contributed by atoms with Gasteiger partial charge in [-0.25, -0.2) is 0 Å². The molecule has 0 fully saturated rings. The number of amides is 1. The van der Waals surface area contributed by atoms with Crippen LogP contribution in [0.3, 0.4) is 0 Å². The van der Waals surface area contributed by atoms with Gasteiger partial charge in [-0.2, -0.15) is 0 Å². The van der Waals surface area contributed by atoms with Crippen molar-refractivity contribution in [3.63, 3.8) is 0 Å². The van der Waals surface area contributed by atoms with E-state index in [4.69, 9.17) is 23.1 Å². The maximum absolute atomic E-state index is 12.1. The summed E-state index contributed by atoms with van der Waals surface area (Å²) in [7, 11) is 0. The number of carbonyl (C=O) groups is 1. The number of nitrogens with zero attached hydrogens (tertiary/aromatic N) is 1.